The highest BCUT2D eigenvalue weighted by molar-refractivity contribution is 5.94. The zero-order valence-electron chi connectivity index (χ0n) is 15.6. The van der Waals surface area contributed by atoms with Crippen molar-refractivity contribution in [1.82, 2.24) is 20.4 Å². The van der Waals surface area contributed by atoms with E-state index in [1.165, 1.54) is 0 Å². The quantitative estimate of drug-likeness (QED) is 0.717. The molecule has 26 heavy (non-hydrogen) atoms. The average molecular weight is 359 g/mol. The van der Waals surface area contributed by atoms with Crippen LogP contribution in [0.15, 0.2) is 16.5 Å². The summed E-state index contributed by atoms with van der Waals surface area (Å²) >= 11 is 0. The molecule has 3 N–H and O–H groups in total. The van der Waals surface area contributed by atoms with Crippen molar-refractivity contribution >= 4 is 11.9 Å². The third-order valence-electron chi connectivity index (χ3n) is 7.08. The number of nitrogens with one attached hydrogen (secondary N) is 2. The van der Waals surface area contributed by atoms with Gasteiger partial charge in [0.15, 0.2) is 6.17 Å². The molecule has 2 amide bonds. The Morgan fingerprint density at radius 1 is 1.23 bits per heavy atom. The van der Waals surface area contributed by atoms with E-state index in [-0.39, 0.29) is 17.6 Å². The van der Waals surface area contributed by atoms with Gasteiger partial charge in [-0.15, -0.1) is 0 Å². The minimum absolute atomic E-state index is 0.0514. The molecule has 4 fully saturated rings. The second-order valence-corrected chi connectivity index (χ2v) is 8.65. The lowest BCUT2D eigenvalue weighted by Gasteiger charge is -2.50. The van der Waals surface area contributed by atoms with Gasteiger partial charge in [-0.2, -0.15) is 0 Å². The van der Waals surface area contributed by atoms with Crippen molar-refractivity contribution in [2.24, 2.45) is 10.4 Å². The molecule has 0 aromatic rings. The van der Waals surface area contributed by atoms with E-state index in [1.54, 1.807) is 0 Å². The summed E-state index contributed by atoms with van der Waals surface area (Å²) in [7, 11) is 0. The summed E-state index contributed by atoms with van der Waals surface area (Å²) in [5.74, 6) is 1.98. The van der Waals surface area contributed by atoms with Crippen molar-refractivity contribution < 1.29 is 9.90 Å². The average Bonchev–Trinajstić information content (AvgIpc) is 3.12. The first-order chi connectivity index (χ1) is 12.6. The van der Waals surface area contributed by atoms with Crippen molar-refractivity contribution in [2.45, 2.75) is 70.1 Å². The molecule has 0 aromatic heterocycles. The normalized spacial score (nSPS) is 38.6. The number of amidine groups is 1. The highest BCUT2D eigenvalue weighted by Crippen LogP contribution is 2.53. The van der Waals surface area contributed by atoms with Crippen molar-refractivity contribution in [3.63, 3.8) is 0 Å². The number of aliphatic hydroxyl groups is 1. The van der Waals surface area contributed by atoms with Crippen LogP contribution in [0.1, 0.15) is 58.3 Å². The van der Waals surface area contributed by atoms with Gasteiger partial charge in [-0.3, -0.25) is 9.80 Å². The van der Waals surface area contributed by atoms with Crippen LogP contribution in [-0.4, -0.2) is 58.2 Å². The Hall–Kier alpha value is -1.76. The van der Waals surface area contributed by atoms with E-state index >= 15 is 0 Å². The fourth-order valence-electron chi connectivity index (χ4n) is 5.41. The summed E-state index contributed by atoms with van der Waals surface area (Å²) in [5.41, 5.74) is 0.658. The number of hydrogen-bond acceptors (Lipinski definition) is 5. The molecule has 6 rings (SSSR count). The summed E-state index contributed by atoms with van der Waals surface area (Å²) in [6.07, 6.45) is 7.26. The summed E-state index contributed by atoms with van der Waals surface area (Å²) < 4.78 is 0. The Labute approximate surface area is 154 Å². The van der Waals surface area contributed by atoms with Gasteiger partial charge in [0.2, 0.25) is 0 Å². The second-order valence-electron chi connectivity index (χ2n) is 8.65. The lowest BCUT2D eigenvalue weighted by molar-refractivity contribution is -0.0705. The van der Waals surface area contributed by atoms with Crippen LogP contribution in [0, 0.1) is 5.41 Å². The maximum Gasteiger partial charge on any atom is 0.327 e. The molecule has 7 heteroatoms. The number of carbonyl (C=O) groups is 1. The first-order valence-electron chi connectivity index (χ1n) is 10.2. The van der Waals surface area contributed by atoms with Crippen LogP contribution in [0.5, 0.6) is 0 Å². The van der Waals surface area contributed by atoms with Gasteiger partial charge >= 0.3 is 6.03 Å². The molecule has 6 aliphatic rings. The lowest BCUT2D eigenvalue weighted by atomic mass is 9.58. The Kier molecular flexibility index (Phi) is 3.55. The van der Waals surface area contributed by atoms with Crippen LogP contribution in [0.25, 0.3) is 0 Å². The summed E-state index contributed by atoms with van der Waals surface area (Å²) in [6, 6.07) is 0.0776. The van der Waals surface area contributed by atoms with E-state index in [0.29, 0.717) is 0 Å². The van der Waals surface area contributed by atoms with Gasteiger partial charge in [-0.25, -0.2) is 9.79 Å². The Morgan fingerprint density at radius 3 is 2.65 bits per heavy atom. The number of urea groups is 1. The first kappa shape index (κ1) is 16.4. The molecule has 3 heterocycles. The topological polar surface area (TPSA) is 80.2 Å². The smallest absolute Gasteiger partial charge is 0.327 e. The molecule has 0 spiro atoms. The predicted molar refractivity (Wildman–Crippen MR) is 98.2 cm³/mol. The molecular formula is C19H29N5O2. The van der Waals surface area contributed by atoms with Crippen LogP contribution < -0.4 is 10.6 Å². The van der Waals surface area contributed by atoms with E-state index in [2.05, 4.69) is 17.6 Å². The Morgan fingerprint density at radius 2 is 1.96 bits per heavy atom. The summed E-state index contributed by atoms with van der Waals surface area (Å²) in [4.78, 5) is 21.9. The maximum absolute atomic E-state index is 13.0. The highest BCUT2D eigenvalue weighted by Gasteiger charge is 2.53. The summed E-state index contributed by atoms with van der Waals surface area (Å²) in [6.45, 7) is 4.50. The molecule has 0 radical (unpaired) electrons. The monoisotopic (exact) mass is 359 g/mol. The SMILES string of the molecule is CCCN1C(=O)N2CCCNC2=C2NC(C34CCC(O)(CC3)CC4)=NC21. The molecule has 1 unspecified atom stereocenters. The van der Waals surface area contributed by atoms with Crippen LogP contribution in [-0.2, 0) is 0 Å². The standard InChI is InChI=1S/C19H29N5O2/c1-2-11-23-15-13(14-20-10-3-12-24(14)17(23)25)21-16(22-15)18-4-7-19(26,8-5-18)9-6-18/h15,20,26H,2-12H2,1H3,(H,21,22). The zero-order chi connectivity index (χ0) is 17.9. The third-order valence-corrected chi connectivity index (χ3v) is 7.08. The van der Waals surface area contributed by atoms with Gasteiger partial charge in [0.05, 0.1) is 5.60 Å². The lowest BCUT2D eigenvalue weighted by Crippen LogP contribution is -2.58. The predicted octanol–water partition coefficient (Wildman–Crippen LogP) is 1.71. The molecule has 3 saturated carbocycles. The van der Waals surface area contributed by atoms with Gasteiger partial charge in [0, 0.05) is 25.0 Å². The van der Waals surface area contributed by atoms with Crippen LogP contribution in [0.4, 0.5) is 4.79 Å². The number of carbonyl (C=O) groups excluding carboxylic acids is 1. The third kappa shape index (κ3) is 2.22. The minimum atomic E-state index is -0.443. The van der Waals surface area contributed by atoms with Crippen LogP contribution in [0.2, 0.25) is 0 Å². The molecule has 1 saturated heterocycles. The molecule has 7 nitrogen and oxygen atoms in total. The molecule has 0 aromatic carbocycles. The van der Waals surface area contributed by atoms with Crippen LogP contribution in [0.3, 0.4) is 0 Å². The summed E-state index contributed by atoms with van der Waals surface area (Å²) in [5, 5.41) is 17.6. The molecule has 2 bridgehead atoms. The Bertz CT molecular complexity index is 676. The van der Waals surface area contributed by atoms with Gasteiger partial charge in [-0.1, -0.05) is 6.92 Å². The van der Waals surface area contributed by atoms with Gasteiger partial charge in [0.25, 0.3) is 0 Å². The number of fused-ring (bicyclic) bond motifs is 5. The largest absolute Gasteiger partial charge is 0.390 e. The fraction of sp³-hybridized carbons (Fsp3) is 0.789. The van der Waals surface area contributed by atoms with Gasteiger partial charge in [-0.05, 0) is 51.4 Å². The molecule has 3 aliphatic carbocycles. The fourth-order valence-corrected chi connectivity index (χ4v) is 5.41. The van der Waals surface area contributed by atoms with Gasteiger partial charge < -0.3 is 15.7 Å². The Balaban J connectivity index is 1.51. The van der Waals surface area contributed by atoms with Crippen molar-refractivity contribution in [3.05, 3.63) is 11.5 Å². The van der Waals surface area contributed by atoms with E-state index in [4.69, 9.17) is 4.99 Å². The van der Waals surface area contributed by atoms with E-state index in [1.807, 2.05) is 9.80 Å². The highest BCUT2D eigenvalue weighted by atomic mass is 16.3. The van der Waals surface area contributed by atoms with Gasteiger partial charge in [0.1, 0.15) is 17.4 Å². The molecule has 1 atom stereocenters. The van der Waals surface area contributed by atoms with E-state index < -0.39 is 5.60 Å². The molecule has 142 valence electrons. The zero-order valence-corrected chi connectivity index (χ0v) is 15.6. The van der Waals surface area contributed by atoms with Crippen molar-refractivity contribution in [1.29, 1.82) is 0 Å². The van der Waals surface area contributed by atoms with Crippen molar-refractivity contribution in [2.75, 3.05) is 19.6 Å². The number of nitrogens with zero attached hydrogens (tertiary/aromatic N) is 3. The maximum atomic E-state index is 13.0. The second kappa shape index (κ2) is 5.62. The van der Waals surface area contributed by atoms with Crippen LogP contribution >= 0.6 is 0 Å². The number of amides is 2. The minimum Gasteiger partial charge on any atom is -0.390 e. The molecular weight excluding hydrogens is 330 g/mol. The number of rotatable bonds is 3. The molecule has 3 aliphatic heterocycles. The van der Waals surface area contributed by atoms with Crippen molar-refractivity contribution in [3.8, 4) is 0 Å². The number of hydrogen-bond donors (Lipinski definition) is 3. The number of aliphatic imine (C=N–C) groups is 1. The first-order valence-corrected chi connectivity index (χ1v) is 10.2. The van der Waals surface area contributed by atoms with E-state index in [0.717, 1.165) is 88.4 Å². The van der Waals surface area contributed by atoms with E-state index in [9.17, 15) is 9.90 Å².